The summed E-state index contributed by atoms with van der Waals surface area (Å²) in [5.41, 5.74) is 4.84. The molecule has 0 saturated carbocycles. The monoisotopic (exact) mass is 556 g/mol. The summed E-state index contributed by atoms with van der Waals surface area (Å²) in [6.45, 7) is 18.0. The number of likely N-dealkylation sites (N-methyl/N-ethyl adjacent to an activating group) is 1. The average molecular weight is 557 g/mol. The maximum atomic E-state index is 10.3. The Morgan fingerprint density at radius 2 is 0.763 bits per heavy atom. The predicted octanol–water partition coefficient (Wildman–Crippen LogP) is -0.926. The van der Waals surface area contributed by atoms with E-state index in [2.05, 4.69) is 47.9 Å². The number of rotatable bonds is 5. The molecule has 0 unspecified atom stereocenters. The molecule has 226 valence electrons. The summed E-state index contributed by atoms with van der Waals surface area (Å²) in [4.78, 5) is 20.6. The molecule has 0 aromatic rings. The van der Waals surface area contributed by atoms with Crippen LogP contribution in [0.1, 0.15) is 12.8 Å². The van der Waals surface area contributed by atoms with Crippen LogP contribution in [0, 0.1) is 0 Å². The first-order chi connectivity index (χ1) is 18.6. The molecule has 14 nitrogen and oxygen atoms in total. The Kier molecular flexibility index (Phi) is 28.9. The molecule has 0 aromatic heterocycles. The van der Waals surface area contributed by atoms with Gasteiger partial charge in [-0.25, -0.2) is 0 Å². The van der Waals surface area contributed by atoms with Gasteiger partial charge in [0, 0.05) is 6.42 Å². The molecular weight excluding hydrogens is 508 g/mol. The summed E-state index contributed by atoms with van der Waals surface area (Å²) in [7, 11) is 1.53. The van der Waals surface area contributed by atoms with Crippen molar-refractivity contribution in [1.82, 2.24) is 5.32 Å². The Balaban J connectivity index is 0.000000422. The van der Waals surface area contributed by atoms with E-state index in [9.17, 15) is 9.59 Å². The first kappa shape index (κ1) is 36.5. The molecule has 9 aliphatic rings. The van der Waals surface area contributed by atoms with E-state index in [4.69, 9.17) is 10.8 Å². The highest BCUT2D eigenvalue weighted by Crippen LogP contribution is 1.95. The Morgan fingerprint density at radius 1 is 0.579 bits per heavy atom. The number of amides is 1. The summed E-state index contributed by atoms with van der Waals surface area (Å²) >= 11 is 0. The smallest absolute Gasteiger partial charge is 0.320 e. The third-order valence-electron chi connectivity index (χ3n) is 3.16. The molecule has 0 aliphatic carbocycles. The van der Waals surface area contributed by atoms with Crippen LogP contribution in [0.4, 0.5) is 0 Å². The molecule has 0 bridgehead atoms. The molecule has 0 spiro atoms. The van der Waals surface area contributed by atoms with Gasteiger partial charge in [0.1, 0.15) is 6.04 Å². The third kappa shape index (κ3) is 113. The van der Waals surface area contributed by atoms with Gasteiger partial charge in [0.05, 0.1) is 119 Å². The van der Waals surface area contributed by atoms with Gasteiger partial charge in [-0.15, -0.1) is 0 Å². The second-order valence-corrected chi connectivity index (χ2v) is 7.70. The summed E-state index contributed by atoms with van der Waals surface area (Å²) in [5, 5.41) is 11.0. The van der Waals surface area contributed by atoms with E-state index in [0.29, 0.717) is 0 Å². The van der Waals surface area contributed by atoms with E-state index in [-0.39, 0.29) is 12.8 Å². The zero-order chi connectivity index (χ0) is 27.9. The standard InChI is InChI=1S/C6H12N2O3.9C2H4O/c1-8-4(6(10)11)2-3-5(7)9;9*1-2-3-1/h4,8H,2-3H2,1H3,(H2,7,9)(H,10,11);9*1-2H2/t4-;;;;;;;;;/m0........./s1. The Morgan fingerprint density at radius 3 is 0.842 bits per heavy atom. The number of nitrogens with one attached hydrogen (secondary N) is 1. The quantitative estimate of drug-likeness (QED) is 0.351. The largest absolute Gasteiger partial charge is 0.480 e. The molecule has 0 radical (unpaired) electrons. The molecule has 9 fully saturated rings. The van der Waals surface area contributed by atoms with E-state index in [1.165, 1.54) is 7.05 Å². The number of carbonyl (C=O) groups is 2. The molecule has 4 N–H and O–H groups in total. The second-order valence-electron chi connectivity index (χ2n) is 7.70. The zero-order valence-corrected chi connectivity index (χ0v) is 22.7. The van der Waals surface area contributed by atoms with Gasteiger partial charge in [0.25, 0.3) is 0 Å². The number of hydrogen-bond donors (Lipinski definition) is 3. The summed E-state index contributed by atoms with van der Waals surface area (Å²) in [5.74, 6) is -1.44. The Bertz CT molecular complexity index is 402. The molecular formula is C24H48N2O12. The van der Waals surface area contributed by atoms with Crippen molar-refractivity contribution in [2.24, 2.45) is 5.73 Å². The van der Waals surface area contributed by atoms with Crippen molar-refractivity contribution in [2.75, 3.05) is 126 Å². The SMILES string of the molecule is C1CO1.C1CO1.C1CO1.C1CO1.C1CO1.C1CO1.C1CO1.C1CO1.C1CO1.CN[C@@H](CCC(N)=O)C(=O)O. The Hall–Kier alpha value is -1.46. The van der Waals surface area contributed by atoms with Crippen LogP contribution in [0.25, 0.3) is 0 Å². The first-order valence-corrected chi connectivity index (χ1v) is 13.0. The van der Waals surface area contributed by atoms with Crippen LogP contribution in [0.3, 0.4) is 0 Å². The molecule has 9 heterocycles. The molecule has 0 aromatic carbocycles. The van der Waals surface area contributed by atoms with Crippen molar-refractivity contribution in [3.8, 4) is 0 Å². The zero-order valence-electron chi connectivity index (χ0n) is 22.7. The van der Waals surface area contributed by atoms with Crippen molar-refractivity contribution in [1.29, 1.82) is 0 Å². The average Bonchev–Trinajstić information content (AvgIpc) is 3.73. The van der Waals surface area contributed by atoms with Gasteiger partial charge >= 0.3 is 5.97 Å². The van der Waals surface area contributed by atoms with Gasteiger partial charge in [-0.1, -0.05) is 0 Å². The lowest BCUT2D eigenvalue weighted by atomic mass is 10.1. The number of carbonyl (C=O) groups excluding carboxylic acids is 1. The molecule has 38 heavy (non-hydrogen) atoms. The van der Waals surface area contributed by atoms with Crippen LogP contribution in [0.5, 0.6) is 0 Å². The van der Waals surface area contributed by atoms with Crippen molar-refractivity contribution in [3.05, 3.63) is 0 Å². The number of primary amides is 1. The molecule has 14 heteroatoms. The third-order valence-corrected chi connectivity index (χ3v) is 3.16. The maximum absolute atomic E-state index is 10.3. The lowest BCUT2D eigenvalue weighted by Gasteiger charge is -2.08. The van der Waals surface area contributed by atoms with Gasteiger partial charge in [-0.05, 0) is 13.5 Å². The van der Waals surface area contributed by atoms with Crippen molar-refractivity contribution in [2.45, 2.75) is 18.9 Å². The number of hydrogen-bond acceptors (Lipinski definition) is 12. The minimum Gasteiger partial charge on any atom is -0.480 e. The summed E-state index contributed by atoms with van der Waals surface area (Å²) in [6.07, 6.45) is 0.332. The van der Waals surface area contributed by atoms with Gasteiger partial charge in [0.15, 0.2) is 0 Å². The van der Waals surface area contributed by atoms with Gasteiger partial charge in [-0.2, -0.15) is 0 Å². The number of nitrogens with two attached hydrogens (primary N) is 1. The molecule has 1 amide bonds. The summed E-state index contributed by atoms with van der Waals surface area (Å²) < 4.78 is 40.5. The number of epoxide rings is 9. The first-order valence-electron chi connectivity index (χ1n) is 13.0. The van der Waals surface area contributed by atoms with E-state index in [1.54, 1.807) is 0 Å². The lowest BCUT2D eigenvalue weighted by molar-refractivity contribution is -0.139. The minimum absolute atomic E-state index is 0.0950. The number of ether oxygens (including phenoxy) is 9. The van der Waals surface area contributed by atoms with E-state index >= 15 is 0 Å². The Labute approximate surface area is 225 Å². The predicted molar refractivity (Wildman–Crippen MR) is 136 cm³/mol. The fourth-order valence-electron chi connectivity index (χ4n) is 0.678. The number of carboxylic acid groups (broad SMARTS) is 1. The maximum Gasteiger partial charge on any atom is 0.320 e. The van der Waals surface area contributed by atoms with E-state index < -0.39 is 17.9 Å². The van der Waals surface area contributed by atoms with E-state index in [0.717, 1.165) is 119 Å². The van der Waals surface area contributed by atoms with Crippen LogP contribution in [0.15, 0.2) is 0 Å². The topological polar surface area (TPSA) is 205 Å². The van der Waals surface area contributed by atoms with Crippen molar-refractivity contribution in [3.63, 3.8) is 0 Å². The second kappa shape index (κ2) is 30.1. The number of carboxylic acids is 1. The summed E-state index contributed by atoms with van der Waals surface area (Å²) in [6, 6.07) is -0.678. The van der Waals surface area contributed by atoms with Crippen LogP contribution in [-0.4, -0.2) is 149 Å². The van der Waals surface area contributed by atoms with Crippen LogP contribution < -0.4 is 11.1 Å². The van der Waals surface area contributed by atoms with Crippen molar-refractivity contribution >= 4 is 11.9 Å². The van der Waals surface area contributed by atoms with Gasteiger partial charge in [-0.3, -0.25) is 9.59 Å². The van der Waals surface area contributed by atoms with Crippen LogP contribution >= 0.6 is 0 Å². The van der Waals surface area contributed by atoms with E-state index in [1.807, 2.05) is 0 Å². The van der Waals surface area contributed by atoms with Crippen LogP contribution in [0.2, 0.25) is 0 Å². The highest BCUT2D eigenvalue weighted by molar-refractivity contribution is 5.77. The molecule has 9 rings (SSSR count). The minimum atomic E-state index is -0.964. The molecule has 9 saturated heterocycles. The molecule has 9 aliphatic heterocycles. The fraction of sp³-hybridized carbons (Fsp3) is 0.917. The van der Waals surface area contributed by atoms with Crippen LogP contribution in [-0.2, 0) is 52.2 Å². The number of aliphatic carboxylic acids is 1. The lowest BCUT2D eigenvalue weighted by Crippen LogP contribution is -2.34. The highest BCUT2D eigenvalue weighted by atomic mass is 16.6. The highest BCUT2D eigenvalue weighted by Gasteiger charge is 2.14. The molecule has 1 atom stereocenters. The van der Waals surface area contributed by atoms with Gasteiger partial charge < -0.3 is 58.8 Å². The van der Waals surface area contributed by atoms with Crippen molar-refractivity contribution < 1.29 is 57.3 Å². The normalized spacial score (nSPS) is 20.7. The van der Waals surface area contributed by atoms with Gasteiger partial charge in [0.2, 0.25) is 5.91 Å². The fourth-order valence-corrected chi connectivity index (χ4v) is 0.678.